The molecular weight excluding hydrogens is 170 g/mol. The van der Waals surface area contributed by atoms with Crippen molar-refractivity contribution >= 4 is 17.7 Å². The van der Waals surface area contributed by atoms with Crippen LogP contribution in [-0.4, -0.2) is 36.4 Å². The molecule has 0 bridgehead atoms. The normalized spacial score (nSPS) is 19.2. The molecule has 1 aliphatic rings. The van der Waals surface area contributed by atoms with Crippen LogP contribution in [0.25, 0.3) is 0 Å². The molecule has 12 heavy (non-hydrogen) atoms. The summed E-state index contributed by atoms with van der Waals surface area (Å²) < 4.78 is 0. The Kier molecular flexibility index (Phi) is 3.92. The van der Waals surface area contributed by atoms with Crippen molar-refractivity contribution < 1.29 is 4.79 Å². The first-order valence-electron chi connectivity index (χ1n) is 4.48. The molecule has 3 heteroatoms. The molecule has 0 aromatic rings. The Labute approximate surface area is 78.7 Å². The number of carbonyl (C=O) groups is 1. The Bertz CT molecular complexity index is 153. The zero-order valence-electron chi connectivity index (χ0n) is 7.88. The highest BCUT2D eigenvalue weighted by atomic mass is 32.2. The van der Waals surface area contributed by atoms with Crippen molar-refractivity contribution in [2.45, 2.75) is 19.3 Å². The van der Waals surface area contributed by atoms with Gasteiger partial charge in [0.25, 0.3) is 0 Å². The molecule has 0 spiro atoms. The van der Waals surface area contributed by atoms with Crippen molar-refractivity contribution in [1.29, 1.82) is 0 Å². The summed E-state index contributed by atoms with van der Waals surface area (Å²) in [6.07, 6.45) is 3.21. The average molecular weight is 187 g/mol. The van der Waals surface area contributed by atoms with Gasteiger partial charge in [0, 0.05) is 20.5 Å². The van der Waals surface area contributed by atoms with Gasteiger partial charge >= 0.3 is 0 Å². The van der Waals surface area contributed by atoms with Gasteiger partial charge in [0.15, 0.2) is 0 Å². The number of nitrogens with zero attached hydrogens (tertiary/aromatic N) is 1. The topological polar surface area (TPSA) is 20.3 Å². The minimum Gasteiger partial charge on any atom is -0.349 e. The van der Waals surface area contributed by atoms with Crippen molar-refractivity contribution in [3.63, 3.8) is 0 Å². The van der Waals surface area contributed by atoms with Crippen LogP contribution in [0.3, 0.4) is 0 Å². The Hall–Kier alpha value is -0.180. The fraction of sp³-hybridized carbons (Fsp3) is 0.889. The monoisotopic (exact) mass is 187 g/mol. The molecule has 1 rings (SSSR count). The number of amides is 1. The molecule has 70 valence electrons. The fourth-order valence-corrected chi connectivity index (χ4v) is 2.58. The second-order valence-corrected chi connectivity index (χ2v) is 4.77. The predicted octanol–water partition coefficient (Wildman–Crippen LogP) is 1.61. The van der Waals surface area contributed by atoms with Gasteiger partial charge < -0.3 is 4.90 Å². The second kappa shape index (κ2) is 4.75. The Balaban J connectivity index is 2.24. The highest BCUT2D eigenvalue weighted by molar-refractivity contribution is 7.99. The van der Waals surface area contributed by atoms with Crippen LogP contribution in [0.5, 0.6) is 0 Å². The quantitative estimate of drug-likeness (QED) is 0.654. The van der Waals surface area contributed by atoms with Gasteiger partial charge in [-0.15, -0.1) is 0 Å². The Morgan fingerprint density at radius 2 is 2.00 bits per heavy atom. The third kappa shape index (κ3) is 3.05. The van der Waals surface area contributed by atoms with Gasteiger partial charge in [-0.25, -0.2) is 0 Å². The molecule has 0 N–H and O–H groups in total. The van der Waals surface area contributed by atoms with Crippen LogP contribution in [0.1, 0.15) is 19.3 Å². The summed E-state index contributed by atoms with van der Waals surface area (Å²) >= 11 is 2.01. The maximum Gasteiger partial charge on any atom is 0.222 e. The van der Waals surface area contributed by atoms with Crippen molar-refractivity contribution in [2.24, 2.45) is 5.92 Å². The molecule has 1 saturated heterocycles. The SMILES string of the molecule is CN(C)C(=O)CC1CCSCC1. The molecule has 1 heterocycles. The lowest BCUT2D eigenvalue weighted by molar-refractivity contribution is -0.129. The van der Waals surface area contributed by atoms with Crippen LogP contribution in [-0.2, 0) is 4.79 Å². The third-order valence-corrected chi connectivity index (χ3v) is 3.35. The van der Waals surface area contributed by atoms with E-state index in [9.17, 15) is 4.79 Å². The number of thioether (sulfide) groups is 1. The summed E-state index contributed by atoms with van der Waals surface area (Å²) in [5.74, 6) is 3.42. The molecule has 1 amide bonds. The van der Waals surface area contributed by atoms with Crippen LogP contribution in [0, 0.1) is 5.92 Å². The predicted molar refractivity (Wildman–Crippen MR) is 53.4 cm³/mol. The molecule has 0 aromatic heterocycles. The van der Waals surface area contributed by atoms with E-state index in [2.05, 4.69) is 0 Å². The van der Waals surface area contributed by atoms with Gasteiger partial charge in [0.1, 0.15) is 0 Å². The van der Waals surface area contributed by atoms with E-state index in [4.69, 9.17) is 0 Å². The molecule has 0 saturated carbocycles. The summed E-state index contributed by atoms with van der Waals surface area (Å²) in [5.41, 5.74) is 0. The highest BCUT2D eigenvalue weighted by Crippen LogP contribution is 2.25. The Morgan fingerprint density at radius 1 is 1.42 bits per heavy atom. The first kappa shape index (κ1) is 9.90. The van der Waals surface area contributed by atoms with E-state index in [-0.39, 0.29) is 5.91 Å². The van der Waals surface area contributed by atoms with Crippen molar-refractivity contribution in [2.75, 3.05) is 25.6 Å². The van der Waals surface area contributed by atoms with E-state index in [0.717, 1.165) is 6.42 Å². The summed E-state index contributed by atoms with van der Waals surface area (Å²) in [4.78, 5) is 13.0. The van der Waals surface area contributed by atoms with Gasteiger partial charge in [0.05, 0.1) is 0 Å². The summed E-state index contributed by atoms with van der Waals surface area (Å²) in [6, 6.07) is 0. The van der Waals surface area contributed by atoms with E-state index in [1.54, 1.807) is 4.90 Å². The van der Waals surface area contributed by atoms with Gasteiger partial charge in [-0.2, -0.15) is 11.8 Å². The summed E-state index contributed by atoms with van der Waals surface area (Å²) in [6.45, 7) is 0. The molecule has 0 aliphatic carbocycles. The third-order valence-electron chi connectivity index (χ3n) is 2.30. The van der Waals surface area contributed by atoms with Gasteiger partial charge in [-0.05, 0) is 30.3 Å². The van der Waals surface area contributed by atoms with Gasteiger partial charge in [-0.3, -0.25) is 4.79 Å². The summed E-state index contributed by atoms with van der Waals surface area (Å²) in [5, 5.41) is 0. The molecule has 0 aromatic carbocycles. The molecule has 0 radical (unpaired) electrons. The lowest BCUT2D eigenvalue weighted by atomic mass is 9.98. The van der Waals surface area contributed by atoms with E-state index in [1.807, 2.05) is 25.9 Å². The van der Waals surface area contributed by atoms with Gasteiger partial charge in [0.2, 0.25) is 5.91 Å². The maximum absolute atomic E-state index is 11.3. The van der Waals surface area contributed by atoms with Crippen LogP contribution in [0.4, 0.5) is 0 Å². The number of hydrogen-bond donors (Lipinski definition) is 0. The first-order chi connectivity index (χ1) is 5.70. The lowest BCUT2D eigenvalue weighted by Crippen LogP contribution is -2.25. The largest absolute Gasteiger partial charge is 0.349 e. The van der Waals surface area contributed by atoms with Crippen molar-refractivity contribution in [1.82, 2.24) is 4.90 Å². The zero-order valence-corrected chi connectivity index (χ0v) is 8.69. The smallest absolute Gasteiger partial charge is 0.222 e. The first-order valence-corrected chi connectivity index (χ1v) is 5.63. The van der Waals surface area contributed by atoms with Crippen molar-refractivity contribution in [3.8, 4) is 0 Å². The van der Waals surface area contributed by atoms with E-state index in [1.165, 1.54) is 24.3 Å². The Morgan fingerprint density at radius 3 is 2.50 bits per heavy atom. The van der Waals surface area contributed by atoms with Crippen LogP contribution >= 0.6 is 11.8 Å². The minimum atomic E-state index is 0.284. The van der Waals surface area contributed by atoms with E-state index in [0.29, 0.717) is 5.92 Å². The number of rotatable bonds is 2. The van der Waals surface area contributed by atoms with Crippen LogP contribution in [0.15, 0.2) is 0 Å². The molecule has 2 nitrogen and oxygen atoms in total. The fourth-order valence-electron chi connectivity index (χ4n) is 1.38. The molecule has 1 fully saturated rings. The highest BCUT2D eigenvalue weighted by Gasteiger charge is 2.17. The van der Waals surface area contributed by atoms with Gasteiger partial charge in [-0.1, -0.05) is 0 Å². The molecule has 0 atom stereocenters. The molecule has 1 aliphatic heterocycles. The van der Waals surface area contributed by atoms with E-state index < -0.39 is 0 Å². The van der Waals surface area contributed by atoms with Crippen LogP contribution < -0.4 is 0 Å². The maximum atomic E-state index is 11.3. The number of hydrogen-bond acceptors (Lipinski definition) is 2. The zero-order chi connectivity index (χ0) is 8.97. The van der Waals surface area contributed by atoms with Crippen LogP contribution in [0.2, 0.25) is 0 Å². The second-order valence-electron chi connectivity index (χ2n) is 3.55. The van der Waals surface area contributed by atoms with Crippen molar-refractivity contribution in [3.05, 3.63) is 0 Å². The number of carbonyl (C=O) groups excluding carboxylic acids is 1. The lowest BCUT2D eigenvalue weighted by Gasteiger charge is -2.22. The van der Waals surface area contributed by atoms with E-state index >= 15 is 0 Å². The average Bonchev–Trinajstić information content (AvgIpc) is 2.06. The standard InChI is InChI=1S/C9H17NOS/c1-10(2)9(11)7-8-3-5-12-6-4-8/h8H,3-7H2,1-2H3. The summed E-state index contributed by atoms with van der Waals surface area (Å²) in [7, 11) is 3.67. The molecule has 0 unspecified atom stereocenters. The minimum absolute atomic E-state index is 0.284. The molecular formula is C9H17NOS.